The number of fused-ring (bicyclic) bond motifs is 2. The zero-order chi connectivity index (χ0) is 23.1. The van der Waals surface area contributed by atoms with Gasteiger partial charge in [-0.25, -0.2) is 0 Å². The van der Waals surface area contributed by atoms with Crippen LogP contribution in [0.2, 0.25) is 10.0 Å². The smallest absolute Gasteiger partial charge is 0.290 e. The van der Waals surface area contributed by atoms with Gasteiger partial charge in [0, 0.05) is 16.6 Å². The Labute approximate surface area is 200 Å². The third kappa shape index (κ3) is 3.88. The molecule has 5 rings (SSSR count). The summed E-state index contributed by atoms with van der Waals surface area (Å²) < 4.78 is 11.2. The highest BCUT2D eigenvalue weighted by molar-refractivity contribution is 6.31. The minimum absolute atomic E-state index is 0.0644. The van der Waals surface area contributed by atoms with Crippen molar-refractivity contribution in [1.82, 2.24) is 4.90 Å². The molecule has 0 saturated carbocycles. The van der Waals surface area contributed by atoms with Crippen LogP contribution in [0.15, 0.2) is 75.9 Å². The summed E-state index contributed by atoms with van der Waals surface area (Å²) >= 11 is 12.4. The van der Waals surface area contributed by atoms with E-state index in [1.54, 1.807) is 48.4 Å². The molecule has 1 aliphatic rings. The number of halogens is 2. The van der Waals surface area contributed by atoms with E-state index >= 15 is 0 Å². The molecule has 0 saturated heterocycles. The fraction of sp³-hybridized carbons (Fsp3) is 0.154. The summed E-state index contributed by atoms with van der Waals surface area (Å²) in [6, 6.07) is 19.1. The van der Waals surface area contributed by atoms with Gasteiger partial charge >= 0.3 is 0 Å². The highest BCUT2D eigenvalue weighted by Crippen LogP contribution is 2.39. The minimum Gasteiger partial charge on any atom is -0.497 e. The summed E-state index contributed by atoms with van der Waals surface area (Å²) in [5.41, 5.74) is 2.17. The molecule has 1 aliphatic heterocycles. The highest BCUT2D eigenvalue weighted by Gasteiger charge is 2.42. The zero-order valence-electron chi connectivity index (χ0n) is 17.7. The molecule has 33 heavy (non-hydrogen) atoms. The predicted octanol–water partition coefficient (Wildman–Crippen LogP) is 5.90. The molecule has 0 unspecified atom stereocenters. The Morgan fingerprint density at radius 3 is 2.45 bits per heavy atom. The van der Waals surface area contributed by atoms with Crippen molar-refractivity contribution in [2.45, 2.75) is 12.5 Å². The number of rotatable bonds is 5. The van der Waals surface area contributed by atoms with Gasteiger partial charge in [-0.1, -0.05) is 47.5 Å². The Hall–Kier alpha value is -3.28. The molecule has 0 spiro atoms. The molecule has 1 amide bonds. The van der Waals surface area contributed by atoms with Crippen molar-refractivity contribution in [3.63, 3.8) is 0 Å². The number of nitrogens with zero attached hydrogens (tertiary/aromatic N) is 1. The number of methoxy groups -OCH3 is 1. The van der Waals surface area contributed by atoms with Gasteiger partial charge in [0.05, 0.1) is 24.1 Å². The van der Waals surface area contributed by atoms with Gasteiger partial charge in [0.25, 0.3) is 5.91 Å². The fourth-order valence-corrected chi connectivity index (χ4v) is 4.66. The normalized spacial score (nSPS) is 15.2. The second-order valence-electron chi connectivity index (χ2n) is 7.87. The first-order chi connectivity index (χ1) is 16.0. The van der Waals surface area contributed by atoms with Crippen LogP contribution >= 0.6 is 23.2 Å². The molecule has 0 aliphatic carbocycles. The molecule has 0 fully saturated rings. The van der Waals surface area contributed by atoms with Crippen LogP contribution in [0.1, 0.15) is 33.3 Å². The molecule has 4 aromatic rings. The van der Waals surface area contributed by atoms with Gasteiger partial charge in [0.2, 0.25) is 5.76 Å². The monoisotopic (exact) mass is 479 g/mol. The number of benzene rings is 3. The summed E-state index contributed by atoms with van der Waals surface area (Å²) in [4.78, 5) is 28.7. The van der Waals surface area contributed by atoms with Crippen molar-refractivity contribution >= 4 is 40.1 Å². The lowest BCUT2D eigenvalue weighted by Crippen LogP contribution is -2.31. The maximum absolute atomic E-state index is 13.5. The van der Waals surface area contributed by atoms with Gasteiger partial charge in [0.1, 0.15) is 11.3 Å². The van der Waals surface area contributed by atoms with E-state index in [0.29, 0.717) is 39.5 Å². The maximum Gasteiger partial charge on any atom is 0.290 e. The number of amides is 1. The Morgan fingerprint density at radius 2 is 1.73 bits per heavy atom. The topological polar surface area (TPSA) is 59.8 Å². The summed E-state index contributed by atoms with van der Waals surface area (Å²) in [7, 11) is 1.62. The first-order valence-electron chi connectivity index (χ1n) is 10.4. The molecule has 7 heteroatoms. The van der Waals surface area contributed by atoms with Gasteiger partial charge < -0.3 is 14.1 Å². The van der Waals surface area contributed by atoms with Crippen LogP contribution < -0.4 is 10.2 Å². The fourth-order valence-electron chi connectivity index (χ4n) is 4.29. The Bertz CT molecular complexity index is 1430. The molecule has 1 atom stereocenters. The molecule has 166 valence electrons. The number of ether oxygens (including phenoxy) is 1. The van der Waals surface area contributed by atoms with Crippen LogP contribution in [0.4, 0.5) is 0 Å². The van der Waals surface area contributed by atoms with E-state index in [1.165, 1.54) is 0 Å². The van der Waals surface area contributed by atoms with E-state index in [0.717, 1.165) is 16.9 Å². The van der Waals surface area contributed by atoms with Crippen molar-refractivity contribution < 1.29 is 13.9 Å². The standard InChI is InChI=1S/C26H19Cl2NO4/c1-32-19-8-5-15(6-9-19)11-12-29-23(16-3-2-4-17(27)13-16)22-24(30)20-14-18(28)7-10-21(20)33-25(22)26(29)31/h2-10,13-14,23H,11-12H2,1H3/t23-/m1/s1. The van der Waals surface area contributed by atoms with Crippen molar-refractivity contribution in [3.05, 3.63) is 109 Å². The van der Waals surface area contributed by atoms with E-state index in [1.807, 2.05) is 30.3 Å². The molecule has 3 aromatic carbocycles. The first-order valence-corrected chi connectivity index (χ1v) is 11.2. The number of hydrogen-bond acceptors (Lipinski definition) is 4. The second kappa shape index (κ2) is 8.58. The quantitative estimate of drug-likeness (QED) is 0.357. The van der Waals surface area contributed by atoms with Crippen LogP contribution in [0, 0.1) is 0 Å². The van der Waals surface area contributed by atoms with Gasteiger partial charge in [0.15, 0.2) is 5.43 Å². The number of carbonyl (C=O) groups excluding carboxylic acids is 1. The third-order valence-corrected chi connectivity index (χ3v) is 6.36. The van der Waals surface area contributed by atoms with Crippen LogP contribution in [-0.2, 0) is 6.42 Å². The molecule has 5 nitrogen and oxygen atoms in total. The van der Waals surface area contributed by atoms with Crippen LogP contribution in [0.3, 0.4) is 0 Å². The van der Waals surface area contributed by atoms with Crippen molar-refractivity contribution in [2.75, 3.05) is 13.7 Å². The maximum atomic E-state index is 13.5. The van der Waals surface area contributed by atoms with E-state index in [2.05, 4.69) is 0 Å². The zero-order valence-corrected chi connectivity index (χ0v) is 19.2. The highest BCUT2D eigenvalue weighted by atomic mass is 35.5. The van der Waals surface area contributed by atoms with Gasteiger partial charge in [-0.05, 0) is 60.0 Å². The van der Waals surface area contributed by atoms with Crippen LogP contribution in [0.5, 0.6) is 5.75 Å². The largest absolute Gasteiger partial charge is 0.497 e. The average Bonchev–Trinajstić information content (AvgIpc) is 3.10. The Morgan fingerprint density at radius 1 is 0.970 bits per heavy atom. The summed E-state index contributed by atoms with van der Waals surface area (Å²) in [5.74, 6) is 0.507. The summed E-state index contributed by atoms with van der Waals surface area (Å²) in [6.45, 7) is 0.392. The molecular formula is C26H19Cl2NO4. The van der Waals surface area contributed by atoms with E-state index < -0.39 is 6.04 Å². The molecule has 1 aromatic heterocycles. The third-order valence-electron chi connectivity index (χ3n) is 5.89. The lowest BCUT2D eigenvalue weighted by molar-refractivity contribution is 0.0730. The molecule has 0 radical (unpaired) electrons. The number of carbonyl (C=O) groups is 1. The Kier molecular flexibility index (Phi) is 5.60. The lowest BCUT2D eigenvalue weighted by Gasteiger charge is -2.25. The van der Waals surface area contributed by atoms with Crippen LogP contribution in [0.25, 0.3) is 11.0 Å². The van der Waals surface area contributed by atoms with Crippen molar-refractivity contribution in [2.24, 2.45) is 0 Å². The lowest BCUT2D eigenvalue weighted by atomic mass is 9.98. The predicted molar refractivity (Wildman–Crippen MR) is 129 cm³/mol. The molecular weight excluding hydrogens is 461 g/mol. The second-order valence-corrected chi connectivity index (χ2v) is 8.74. The molecule has 0 N–H and O–H groups in total. The van der Waals surface area contributed by atoms with Crippen molar-refractivity contribution in [3.8, 4) is 5.75 Å². The summed E-state index contributed by atoms with van der Waals surface area (Å²) in [6.07, 6.45) is 0.598. The van der Waals surface area contributed by atoms with E-state index in [9.17, 15) is 9.59 Å². The molecule has 0 bridgehead atoms. The van der Waals surface area contributed by atoms with Crippen molar-refractivity contribution in [1.29, 1.82) is 0 Å². The Balaban J connectivity index is 1.61. The molecule has 2 heterocycles. The van der Waals surface area contributed by atoms with Crippen LogP contribution in [-0.4, -0.2) is 24.5 Å². The van der Waals surface area contributed by atoms with Gasteiger partial charge in [-0.3, -0.25) is 9.59 Å². The van der Waals surface area contributed by atoms with Gasteiger partial charge in [-0.15, -0.1) is 0 Å². The van der Waals surface area contributed by atoms with E-state index in [-0.39, 0.29) is 17.1 Å². The van der Waals surface area contributed by atoms with Gasteiger partial charge in [-0.2, -0.15) is 0 Å². The summed E-state index contributed by atoms with van der Waals surface area (Å²) in [5, 5.41) is 1.30. The first kappa shape index (κ1) is 21.6. The number of hydrogen-bond donors (Lipinski definition) is 0. The SMILES string of the molecule is COc1ccc(CCN2C(=O)c3oc4ccc(Cl)cc4c(=O)c3[C@H]2c2cccc(Cl)c2)cc1. The average molecular weight is 480 g/mol. The minimum atomic E-state index is -0.607. The van der Waals surface area contributed by atoms with E-state index in [4.69, 9.17) is 32.4 Å².